The summed E-state index contributed by atoms with van der Waals surface area (Å²) in [4.78, 5) is 28.6. The molecule has 1 atom stereocenters. The second kappa shape index (κ2) is 9.46. The molecule has 0 aliphatic carbocycles. The van der Waals surface area contributed by atoms with Crippen molar-refractivity contribution >= 4 is 17.5 Å². The predicted molar refractivity (Wildman–Crippen MR) is 108 cm³/mol. The summed E-state index contributed by atoms with van der Waals surface area (Å²) < 4.78 is 13.2. The molecule has 5 nitrogen and oxygen atoms in total. The molecule has 1 fully saturated rings. The summed E-state index contributed by atoms with van der Waals surface area (Å²) in [5, 5.41) is 2.71. The fourth-order valence-corrected chi connectivity index (χ4v) is 3.42. The molecule has 6 heteroatoms. The van der Waals surface area contributed by atoms with Crippen LogP contribution in [0.2, 0.25) is 0 Å². The Morgan fingerprint density at radius 2 is 1.75 bits per heavy atom. The average molecular weight is 383 g/mol. The van der Waals surface area contributed by atoms with Gasteiger partial charge in [-0.25, -0.2) is 4.39 Å². The van der Waals surface area contributed by atoms with E-state index < -0.39 is 0 Å². The third-order valence-corrected chi connectivity index (χ3v) is 5.05. The highest BCUT2D eigenvalue weighted by Crippen LogP contribution is 2.20. The van der Waals surface area contributed by atoms with Crippen molar-refractivity contribution in [3.8, 4) is 0 Å². The molecule has 148 valence electrons. The van der Waals surface area contributed by atoms with Crippen molar-refractivity contribution in [2.24, 2.45) is 0 Å². The molecule has 0 bridgehead atoms. The lowest BCUT2D eigenvalue weighted by atomic mass is 9.97. The Hall–Kier alpha value is -2.73. The second-order valence-electron chi connectivity index (χ2n) is 7.23. The van der Waals surface area contributed by atoms with Gasteiger partial charge in [0.25, 0.3) is 0 Å². The zero-order chi connectivity index (χ0) is 19.9. The monoisotopic (exact) mass is 383 g/mol. The molecule has 1 N–H and O–H groups in total. The first-order chi connectivity index (χ1) is 13.5. The van der Waals surface area contributed by atoms with Gasteiger partial charge < -0.3 is 10.2 Å². The molecule has 1 aliphatic heterocycles. The fourth-order valence-electron chi connectivity index (χ4n) is 3.42. The van der Waals surface area contributed by atoms with Gasteiger partial charge in [0, 0.05) is 38.3 Å². The Morgan fingerprint density at radius 1 is 1.04 bits per heavy atom. The highest BCUT2D eigenvalue weighted by Gasteiger charge is 2.23. The second-order valence-corrected chi connectivity index (χ2v) is 7.23. The Bertz CT molecular complexity index is 804. The number of benzene rings is 2. The first-order valence-electron chi connectivity index (χ1n) is 9.62. The van der Waals surface area contributed by atoms with Crippen molar-refractivity contribution in [2.75, 3.05) is 38.0 Å². The molecule has 0 saturated carbocycles. The molecule has 3 rings (SSSR count). The zero-order valence-electron chi connectivity index (χ0n) is 16.1. The molecule has 28 heavy (non-hydrogen) atoms. The summed E-state index contributed by atoms with van der Waals surface area (Å²) >= 11 is 0. The number of rotatable bonds is 6. The Labute approximate surface area is 165 Å². The number of anilines is 1. The van der Waals surface area contributed by atoms with E-state index in [0.29, 0.717) is 38.3 Å². The van der Waals surface area contributed by atoms with E-state index in [1.54, 1.807) is 12.1 Å². The maximum absolute atomic E-state index is 13.2. The molecular weight excluding hydrogens is 357 g/mol. The number of amides is 2. The van der Waals surface area contributed by atoms with Gasteiger partial charge in [0.2, 0.25) is 11.8 Å². The largest absolute Gasteiger partial charge is 0.340 e. The number of carbonyl (C=O) groups excluding carboxylic acids is 2. The van der Waals surface area contributed by atoms with Crippen LogP contribution >= 0.6 is 0 Å². The Morgan fingerprint density at radius 3 is 2.43 bits per heavy atom. The average Bonchev–Trinajstić information content (AvgIpc) is 2.69. The third kappa shape index (κ3) is 5.63. The first kappa shape index (κ1) is 20.0. The molecule has 0 aromatic heterocycles. The number of halogens is 1. The summed E-state index contributed by atoms with van der Waals surface area (Å²) in [5.74, 6) is -0.221. The van der Waals surface area contributed by atoms with E-state index >= 15 is 0 Å². The third-order valence-electron chi connectivity index (χ3n) is 5.05. The van der Waals surface area contributed by atoms with Crippen LogP contribution in [0.1, 0.15) is 24.8 Å². The van der Waals surface area contributed by atoms with Crippen LogP contribution in [0.4, 0.5) is 10.1 Å². The van der Waals surface area contributed by atoms with Gasteiger partial charge in [-0.3, -0.25) is 14.5 Å². The molecule has 0 radical (unpaired) electrons. The van der Waals surface area contributed by atoms with Gasteiger partial charge in [-0.05, 0) is 29.7 Å². The minimum absolute atomic E-state index is 0.153. The van der Waals surface area contributed by atoms with E-state index in [1.165, 1.54) is 17.7 Å². The van der Waals surface area contributed by atoms with Crippen LogP contribution in [0, 0.1) is 5.82 Å². The maximum Gasteiger partial charge on any atom is 0.238 e. The number of hydrogen-bond donors (Lipinski definition) is 1. The van der Waals surface area contributed by atoms with Crippen LogP contribution in [0.5, 0.6) is 0 Å². The van der Waals surface area contributed by atoms with Crippen LogP contribution in [-0.2, 0) is 9.59 Å². The summed E-state index contributed by atoms with van der Waals surface area (Å²) in [6.45, 7) is 4.85. The van der Waals surface area contributed by atoms with Crippen LogP contribution in [0.15, 0.2) is 54.6 Å². The van der Waals surface area contributed by atoms with Crippen molar-refractivity contribution in [2.45, 2.75) is 19.3 Å². The molecule has 1 saturated heterocycles. The van der Waals surface area contributed by atoms with E-state index in [4.69, 9.17) is 0 Å². The lowest BCUT2D eigenvalue weighted by Crippen LogP contribution is -2.50. The van der Waals surface area contributed by atoms with Gasteiger partial charge in [-0.15, -0.1) is 0 Å². The van der Waals surface area contributed by atoms with Crippen molar-refractivity contribution < 1.29 is 14.0 Å². The topological polar surface area (TPSA) is 52.7 Å². The molecule has 2 amide bonds. The van der Waals surface area contributed by atoms with Gasteiger partial charge in [0.05, 0.1) is 6.54 Å². The van der Waals surface area contributed by atoms with Crippen molar-refractivity contribution in [3.63, 3.8) is 0 Å². The standard InChI is InChI=1S/C22H26FN3O2/c1-17(18-6-3-2-4-7-18)14-22(28)26-12-10-25(11-13-26)16-21(27)24-20-9-5-8-19(23)15-20/h2-9,15,17H,10-14,16H2,1H3,(H,24,27). The minimum Gasteiger partial charge on any atom is -0.340 e. The smallest absolute Gasteiger partial charge is 0.238 e. The van der Waals surface area contributed by atoms with E-state index in [0.717, 1.165) is 0 Å². The highest BCUT2D eigenvalue weighted by atomic mass is 19.1. The summed E-state index contributed by atoms with van der Waals surface area (Å²) in [6, 6.07) is 15.9. The van der Waals surface area contributed by atoms with Crippen molar-refractivity contribution in [3.05, 3.63) is 66.0 Å². The van der Waals surface area contributed by atoms with E-state index in [2.05, 4.69) is 12.2 Å². The zero-order valence-corrected chi connectivity index (χ0v) is 16.1. The minimum atomic E-state index is -0.380. The molecule has 2 aromatic rings. The number of nitrogens with zero attached hydrogens (tertiary/aromatic N) is 2. The fraction of sp³-hybridized carbons (Fsp3) is 0.364. The summed E-state index contributed by atoms with van der Waals surface area (Å²) in [5.41, 5.74) is 1.62. The van der Waals surface area contributed by atoms with Gasteiger partial charge in [-0.2, -0.15) is 0 Å². The van der Waals surface area contributed by atoms with Gasteiger partial charge in [0.15, 0.2) is 0 Å². The van der Waals surface area contributed by atoms with Gasteiger partial charge in [-0.1, -0.05) is 43.3 Å². The first-order valence-corrected chi connectivity index (χ1v) is 9.62. The van der Waals surface area contributed by atoms with Crippen LogP contribution in [0.25, 0.3) is 0 Å². The van der Waals surface area contributed by atoms with Gasteiger partial charge in [0.1, 0.15) is 5.82 Å². The van der Waals surface area contributed by atoms with Crippen molar-refractivity contribution in [1.29, 1.82) is 0 Å². The quantitative estimate of drug-likeness (QED) is 0.834. The Balaban J connectivity index is 1.42. The van der Waals surface area contributed by atoms with E-state index in [9.17, 15) is 14.0 Å². The van der Waals surface area contributed by atoms with Crippen LogP contribution in [-0.4, -0.2) is 54.3 Å². The van der Waals surface area contributed by atoms with E-state index in [1.807, 2.05) is 40.1 Å². The molecule has 1 aliphatic rings. The number of piperazine rings is 1. The van der Waals surface area contributed by atoms with Crippen molar-refractivity contribution in [1.82, 2.24) is 9.80 Å². The van der Waals surface area contributed by atoms with Crippen LogP contribution in [0.3, 0.4) is 0 Å². The predicted octanol–water partition coefficient (Wildman–Crippen LogP) is 3.10. The van der Waals surface area contributed by atoms with E-state index in [-0.39, 0.29) is 30.1 Å². The molecule has 1 unspecified atom stereocenters. The molecule has 0 spiro atoms. The lowest BCUT2D eigenvalue weighted by molar-refractivity contribution is -0.133. The SMILES string of the molecule is CC(CC(=O)N1CCN(CC(=O)Nc2cccc(F)c2)CC1)c1ccccc1. The number of carbonyl (C=O) groups is 2. The molecule has 2 aromatic carbocycles. The summed E-state index contributed by atoms with van der Waals surface area (Å²) in [7, 11) is 0. The summed E-state index contributed by atoms with van der Waals surface area (Å²) in [6.07, 6.45) is 0.490. The molecular formula is C22H26FN3O2. The number of hydrogen-bond acceptors (Lipinski definition) is 3. The molecule has 1 heterocycles. The normalized spacial score (nSPS) is 15.9. The Kier molecular flexibility index (Phi) is 6.76. The van der Waals surface area contributed by atoms with Gasteiger partial charge >= 0.3 is 0 Å². The lowest BCUT2D eigenvalue weighted by Gasteiger charge is -2.34. The maximum atomic E-state index is 13.2. The highest BCUT2D eigenvalue weighted by molar-refractivity contribution is 5.92. The number of nitrogens with one attached hydrogen (secondary N) is 1. The van der Waals surface area contributed by atoms with Crippen LogP contribution < -0.4 is 5.32 Å².